The van der Waals surface area contributed by atoms with Crippen molar-refractivity contribution in [3.8, 4) is 0 Å². The minimum atomic E-state index is -0.970. The van der Waals surface area contributed by atoms with E-state index in [1.807, 2.05) is 12.2 Å². The summed E-state index contributed by atoms with van der Waals surface area (Å²) in [5.74, 6) is 0. The smallest absolute Gasteiger partial charge is 0.668 e. The Morgan fingerprint density at radius 2 is 1.12 bits per heavy atom. The van der Waals surface area contributed by atoms with Crippen molar-refractivity contribution in [3.63, 3.8) is 0 Å². The number of hydrogen-bond donors (Lipinski definition) is 0. The summed E-state index contributed by atoms with van der Waals surface area (Å²) in [5.41, 5.74) is 4.76. The maximum absolute atomic E-state index is 3.50. The summed E-state index contributed by atoms with van der Waals surface area (Å²) in [4.78, 5) is 0. The molecule has 5 heteroatoms. The zero-order valence-corrected chi connectivity index (χ0v) is 22.2. The molecule has 0 fully saturated rings. The van der Waals surface area contributed by atoms with Gasteiger partial charge in [-0.15, -0.1) is 6.42 Å². The van der Waals surface area contributed by atoms with E-state index in [1.54, 1.807) is 28.2 Å². The van der Waals surface area contributed by atoms with Gasteiger partial charge in [-0.3, -0.25) is 6.08 Å². The average molecular weight is 415 g/mol. The predicted octanol–water partition coefficient (Wildman–Crippen LogP) is 6.85. The summed E-state index contributed by atoms with van der Waals surface area (Å²) in [6.45, 7) is 14.1. The van der Waals surface area contributed by atoms with Crippen molar-refractivity contribution in [2.24, 2.45) is 0 Å². The van der Waals surface area contributed by atoms with Crippen LogP contribution in [0, 0.1) is 13.5 Å². The fourth-order valence-corrected chi connectivity index (χ4v) is 2.41. The van der Waals surface area contributed by atoms with Gasteiger partial charge < -0.3 is 18.1 Å². The summed E-state index contributed by atoms with van der Waals surface area (Å²) < 4.78 is 0. The van der Waals surface area contributed by atoms with E-state index in [4.69, 9.17) is 0 Å². The Labute approximate surface area is 177 Å². The molecule has 144 valence electrons. The van der Waals surface area contributed by atoms with Crippen LogP contribution in [0.5, 0.6) is 0 Å². The van der Waals surface area contributed by atoms with Gasteiger partial charge >= 0.3 is 21.7 Å². The summed E-state index contributed by atoms with van der Waals surface area (Å²) in [6.07, 6.45) is 14.5. The molecule has 0 saturated heterocycles. The fraction of sp³-hybridized carbons (Fsp3) is 0.550. The summed E-state index contributed by atoms with van der Waals surface area (Å²) in [7, 11) is 5.06. The van der Waals surface area contributed by atoms with Crippen molar-refractivity contribution in [1.82, 2.24) is 0 Å². The molecule has 0 bridgehead atoms. The summed E-state index contributed by atoms with van der Waals surface area (Å²) in [6, 6.07) is 0. The van der Waals surface area contributed by atoms with Crippen LogP contribution in [0.25, 0.3) is 10.6 Å². The molecule has 0 radical (unpaired) electrons. The molecule has 0 aromatic rings. The second-order valence-corrected chi connectivity index (χ2v) is 17.5. The van der Waals surface area contributed by atoms with Crippen molar-refractivity contribution >= 4 is 16.1 Å². The van der Waals surface area contributed by atoms with Crippen LogP contribution in [-0.4, -0.2) is 44.3 Å². The third-order valence-corrected chi connectivity index (χ3v) is 4.27. The Kier molecular flexibility index (Phi) is 34.6. The maximum Gasteiger partial charge on any atom is 4.00 e. The van der Waals surface area contributed by atoms with Gasteiger partial charge in [0.05, 0.1) is 16.1 Å². The van der Waals surface area contributed by atoms with Gasteiger partial charge in [-0.05, 0) is 0 Å². The zero-order valence-electron chi connectivity index (χ0n) is 18.6. The molecule has 0 saturated carbocycles. The summed E-state index contributed by atoms with van der Waals surface area (Å²) in [5, 5.41) is 7.00. The first-order valence-corrected chi connectivity index (χ1v) is 15.2. The van der Waals surface area contributed by atoms with Gasteiger partial charge in [0.1, 0.15) is 0 Å². The standard InChI is InChI=1S/C10H22Si2.C5H5.2C2H6N.CH3.Ti/c1-11(2,3)9-7-8-10-12(4,5)6;1-2-4-5-3-1;2*1-3-2;;/h7-10H,1-6H3;1-3H,4H2;2*1-2H3;1H3;/q;4*-1;+4. The minimum Gasteiger partial charge on any atom is -0.668 e. The molecule has 1 aliphatic carbocycles. The van der Waals surface area contributed by atoms with Gasteiger partial charge in [-0.25, -0.2) is 12.2 Å². The number of nitrogens with zero attached hydrogens (tertiary/aromatic N) is 2. The molecule has 1 rings (SSSR count). The van der Waals surface area contributed by atoms with E-state index in [1.165, 1.54) is 0 Å². The fourth-order valence-electron chi connectivity index (χ4n) is 1.03. The molecule has 2 nitrogen and oxygen atoms in total. The average Bonchev–Trinajstić information content (AvgIpc) is 2.93. The van der Waals surface area contributed by atoms with Crippen molar-refractivity contribution < 1.29 is 21.7 Å². The Morgan fingerprint density at radius 1 is 0.800 bits per heavy atom. The third-order valence-electron chi connectivity index (χ3n) is 1.89. The van der Waals surface area contributed by atoms with Crippen LogP contribution in [0.4, 0.5) is 0 Å². The molecule has 0 spiro atoms. The molecule has 0 unspecified atom stereocenters. The first kappa shape index (κ1) is 36.0. The van der Waals surface area contributed by atoms with Gasteiger partial charge in [0.25, 0.3) is 0 Å². The monoisotopic (exact) mass is 414 g/mol. The predicted molar refractivity (Wildman–Crippen MR) is 123 cm³/mol. The van der Waals surface area contributed by atoms with E-state index in [-0.39, 0.29) is 29.1 Å². The van der Waals surface area contributed by atoms with E-state index >= 15 is 0 Å². The van der Waals surface area contributed by atoms with E-state index < -0.39 is 16.1 Å². The van der Waals surface area contributed by atoms with Crippen LogP contribution in [0.15, 0.2) is 41.8 Å². The molecule has 1 aliphatic rings. The topological polar surface area (TPSA) is 28.2 Å². The van der Waals surface area contributed by atoms with Gasteiger partial charge in [-0.1, -0.05) is 62.8 Å². The largest absolute Gasteiger partial charge is 4.00 e. The number of rotatable bonds is 3. The molecule has 0 aromatic heterocycles. The minimum absolute atomic E-state index is 0. The maximum atomic E-state index is 3.50. The molecule has 0 atom stereocenters. The number of allylic oxidation sites excluding steroid dienone is 6. The van der Waals surface area contributed by atoms with Crippen LogP contribution in [0.2, 0.25) is 39.3 Å². The normalized spacial score (nSPS) is 12.1. The number of hydrogen-bond acceptors (Lipinski definition) is 0. The quantitative estimate of drug-likeness (QED) is 0.275. The van der Waals surface area contributed by atoms with Gasteiger partial charge in [0.15, 0.2) is 0 Å². The van der Waals surface area contributed by atoms with Crippen molar-refractivity contribution in [3.05, 3.63) is 65.9 Å². The van der Waals surface area contributed by atoms with Gasteiger partial charge in [0.2, 0.25) is 0 Å². The van der Waals surface area contributed by atoms with E-state index in [9.17, 15) is 0 Å². The van der Waals surface area contributed by atoms with Crippen LogP contribution in [0.1, 0.15) is 6.42 Å². The zero-order chi connectivity index (χ0) is 18.8. The Bertz CT molecular complexity index is 316. The third kappa shape index (κ3) is 59.2. The Hall–Kier alpha value is 0.0281. The molecular weight excluding hydrogens is 372 g/mol. The first-order chi connectivity index (χ1) is 10.5. The van der Waals surface area contributed by atoms with Gasteiger partial charge in [0, 0.05) is 0 Å². The van der Waals surface area contributed by atoms with Gasteiger partial charge in [-0.2, -0.15) is 34.3 Å². The molecule has 0 amide bonds. The van der Waals surface area contributed by atoms with Crippen LogP contribution in [0.3, 0.4) is 0 Å². The summed E-state index contributed by atoms with van der Waals surface area (Å²) >= 11 is 0. The van der Waals surface area contributed by atoms with E-state index in [2.05, 4.69) is 85.6 Å². The molecule has 0 heterocycles. The molecule has 25 heavy (non-hydrogen) atoms. The van der Waals surface area contributed by atoms with Crippen molar-refractivity contribution in [1.29, 1.82) is 0 Å². The van der Waals surface area contributed by atoms with Crippen molar-refractivity contribution in [2.45, 2.75) is 45.7 Å². The molecule has 0 N–H and O–H groups in total. The molecule has 0 aliphatic heterocycles. The Balaban J connectivity index is -0.0000000852. The molecular formula is C20H42N2Si2Ti. The van der Waals surface area contributed by atoms with E-state index in [0.717, 1.165) is 6.42 Å². The van der Waals surface area contributed by atoms with Crippen LogP contribution in [-0.2, 0) is 21.7 Å². The van der Waals surface area contributed by atoms with Crippen molar-refractivity contribution in [2.75, 3.05) is 28.2 Å². The molecule has 0 aromatic carbocycles. The van der Waals surface area contributed by atoms with Crippen LogP contribution < -0.4 is 0 Å². The second kappa shape index (κ2) is 24.0. The Morgan fingerprint density at radius 3 is 1.24 bits per heavy atom. The SMILES string of the molecule is C[N-]C.C[N-]C.C[Si](C)(C)C=CC=C[Si](C)(C)C.[C-]1=CC=CC1.[CH3-].[Ti+4]. The van der Waals surface area contributed by atoms with Crippen LogP contribution >= 0.6 is 0 Å². The second-order valence-electron chi connectivity index (χ2n) is 7.35. The van der Waals surface area contributed by atoms with E-state index in [0.29, 0.717) is 0 Å². The first-order valence-electron chi connectivity index (χ1n) is 8.08.